The van der Waals surface area contributed by atoms with Gasteiger partial charge in [-0.2, -0.15) is 0 Å². The minimum atomic E-state index is -1.12. The molecule has 238 valence electrons. The molecule has 4 N–H and O–H groups in total. The molecule has 1 fully saturated rings. The zero-order valence-electron chi connectivity index (χ0n) is 26.4. The molecule has 4 aromatic rings. The van der Waals surface area contributed by atoms with Crippen LogP contribution in [0.2, 0.25) is 0 Å². The lowest BCUT2D eigenvalue weighted by atomic mass is 10.0. The van der Waals surface area contributed by atoms with E-state index in [1.165, 1.54) is 0 Å². The van der Waals surface area contributed by atoms with Crippen molar-refractivity contribution < 1.29 is 19.5 Å². The number of carbonyl (C=O) groups excluding carboxylic acids is 2. The summed E-state index contributed by atoms with van der Waals surface area (Å²) in [6.07, 6.45) is 6.86. The molecule has 1 saturated heterocycles. The number of benzene rings is 2. The van der Waals surface area contributed by atoms with Crippen molar-refractivity contribution in [3.63, 3.8) is 0 Å². The molecule has 0 saturated carbocycles. The van der Waals surface area contributed by atoms with Gasteiger partial charge < -0.3 is 30.2 Å². The molecular formula is C35H44N6O4. The molecular weight excluding hydrogens is 568 g/mol. The highest BCUT2D eigenvalue weighted by Crippen LogP contribution is 2.27. The van der Waals surface area contributed by atoms with Crippen LogP contribution in [0.3, 0.4) is 0 Å². The van der Waals surface area contributed by atoms with Crippen LogP contribution in [0.5, 0.6) is 0 Å². The van der Waals surface area contributed by atoms with E-state index < -0.39 is 18.1 Å². The largest absolute Gasteiger partial charge is 0.476 e. The normalized spacial score (nSPS) is 15.1. The van der Waals surface area contributed by atoms with E-state index in [9.17, 15) is 19.5 Å². The van der Waals surface area contributed by atoms with Crippen molar-refractivity contribution in [1.82, 2.24) is 30.1 Å². The standard InChI is InChI=1S/C35H44N6O4/c1-23(2)19-30(38-35(45)40-17-11-4-5-12-18-40)33(42)37-29(20-26-21-36-28-16-10-9-15-27(26)28)32-39-31(34(43)44)24(3)41(32)22-25-13-7-6-8-14-25/h6-10,13-16,21,23,29-30,36H,4-5,11-12,17-20,22H2,1-3H3,(H,37,42)(H,38,45)(H,43,44). The summed E-state index contributed by atoms with van der Waals surface area (Å²) in [6.45, 7) is 7.55. The van der Waals surface area contributed by atoms with Gasteiger partial charge in [0.05, 0.1) is 6.04 Å². The number of carboxylic acid groups (broad SMARTS) is 1. The monoisotopic (exact) mass is 612 g/mol. The Kier molecular flexibility index (Phi) is 10.2. The van der Waals surface area contributed by atoms with Gasteiger partial charge in [0.1, 0.15) is 11.9 Å². The van der Waals surface area contributed by atoms with Gasteiger partial charge in [-0.25, -0.2) is 14.6 Å². The second kappa shape index (κ2) is 14.5. The first kappa shape index (κ1) is 31.8. The van der Waals surface area contributed by atoms with Crippen LogP contribution in [0.1, 0.15) is 85.1 Å². The van der Waals surface area contributed by atoms with Crippen LogP contribution in [0.15, 0.2) is 60.8 Å². The lowest BCUT2D eigenvalue weighted by Crippen LogP contribution is -2.52. The van der Waals surface area contributed by atoms with Gasteiger partial charge in [-0.3, -0.25) is 4.79 Å². The third-order valence-corrected chi connectivity index (χ3v) is 8.58. The maximum atomic E-state index is 14.1. The van der Waals surface area contributed by atoms with Gasteiger partial charge in [-0.15, -0.1) is 0 Å². The molecule has 3 heterocycles. The highest BCUT2D eigenvalue weighted by Gasteiger charge is 2.31. The van der Waals surface area contributed by atoms with Crippen molar-refractivity contribution in [1.29, 1.82) is 0 Å². The van der Waals surface area contributed by atoms with Gasteiger partial charge in [0, 0.05) is 48.8 Å². The van der Waals surface area contributed by atoms with Gasteiger partial charge in [-0.1, -0.05) is 75.2 Å². The number of nitrogens with one attached hydrogen (secondary N) is 3. The van der Waals surface area contributed by atoms with Crippen LogP contribution in [-0.4, -0.2) is 61.6 Å². The molecule has 45 heavy (non-hydrogen) atoms. The Hall–Kier alpha value is -4.60. The molecule has 2 aromatic carbocycles. The van der Waals surface area contributed by atoms with Gasteiger partial charge in [0.2, 0.25) is 5.91 Å². The topological polar surface area (TPSA) is 132 Å². The molecule has 0 radical (unpaired) electrons. The van der Waals surface area contributed by atoms with Gasteiger partial charge in [0.25, 0.3) is 0 Å². The first-order chi connectivity index (χ1) is 21.7. The molecule has 2 atom stereocenters. The van der Waals surface area contributed by atoms with Gasteiger partial charge in [-0.05, 0) is 49.3 Å². The van der Waals surface area contributed by atoms with E-state index in [0.29, 0.717) is 44.0 Å². The minimum absolute atomic E-state index is 0.0488. The number of nitrogens with zero attached hydrogens (tertiary/aromatic N) is 3. The molecule has 10 nitrogen and oxygen atoms in total. The Labute approximate surface area is 264 Å². The molecule has 5 rings (SSSR count). The van der Waals surface area contributed by atoms with E-state index in [4.69, 9.17) is 0 Å². The molecule has 1 aliphatic heterocycles. The fourth-order valence-electron chi connectivity index (χ4n) is 6.21. The lowest BCUT2D eigenvalue weighted by molar-refractivity contribution is -0.124. The van der Waals surface area contributed by atoms with Crippen LogP contribution >= 0.6 is 0 Å². The number of H-pyrrole nitrogens is 1. The summed E-state index contributed by atoms with van der Waals surface area (Å²) >= 11 is 0. The van der Waals surface area contributed by atoms with E-state index in [1.807, 2.05) is 84.1 Å². The number of fused-ring (bicyclic) bond motifs is 1. The fourth-order valence-corrected chi connectivity index (χ4v) is 6.21. The fraction of sp³-hybridized carbons (Fsp3) is 0.429. The van der Waals surface area contributed by atoms with E-state index in [0.717, 1.165) is 47.7 Å². The third kappa shape index (κ3) is 7.74. The molecule has 3 amide bonds. The number of amides is 3. The second-order valence-electron chi connectivity index (χ2n) is 12.4. The summed E-state index contributed by atoms with van der Waals surface area (Å²) in [4.78, 5) is 49.5. The van der Waals surface area contributed by atoms with Crippen molar-refractivity contribution in [2.24, 2.45) is 5.92 Å². The summed E-state index contributed by atoms with van der Waals surface area (Å²) in [5.74, 6) is -0.840. The number of carbonyl (C=O) groups is 3. The maximum Gasteiger partial charge on any atom is 0.356 e. The van der Waals surface area contributed by atoms with Gasteiger partial charge >= 0.3 is 12.0 Å². The molecule has 1 aliphatic rings. The number of para-hydroxylation sites is 1. The summed E-state index contributed by atoms with van der Waals surface area (Å²) < 4.78 is 1.88. The smallest absolute Gasteiger partial charge is 0.356 e. The zero-order chi connectivity index (χ0) is 31.9. The maximum absolute atomic E-state index is 14.1. The van der Waals surface area contributed by atoms with Crippen LogP contribution in [0, 0.1) is 12.8 Å². The number of aromatic amines is 1. The van der Waals surface area contributed by atoms with Crippen LogP contribution in [-0.2, 0) is 17.8 Å². The van der Waals surface area contributed by atoms with E-state index in [1.54, 1.807) is 6.92 Å². The van der Waals surface area contributed by atoms with Crippen molar-refractivity contribution in [3.05, 3.63) is 89.1 Å². The Morgan fingerprint density at radius 3 is 2.33 bits per heavy atom. The Bertz CT molecular complexity index is 1620. The SMILES string of the molecule is Cc1c(C(=O)O)nc(C(Cc2c[nH]c3ccccc23)NC(=O)C(CC(C)C)NC(=O)N2CCCCCC2)n1Cc1ccccc1. The second-order valence-corrected chi connectivity index (χ2v) is 12.4. The number of hydrogen-bond donors (Lipinski definition) is 4. The number of aromatic carboxylic acids is 1. The van der Waals surface area contributed by atoms with E-state index >= 15 is 0 Å². The summed E-state index contributed by atoms with van der Waals surface area (Å²) in [7, 11) is 0. The Morgan fingerprint density at radius 2 is 1.64 bits per heavy atom. The van der Waals surface area contributed by atoms with Gasteiger partial charge in [0.15, 0.2) is 5.69 Å². The average molecular weight is 613 g/mol. The highest BCUT2D eigenvalue weighted by molar-refractivity contribution is 5.88. The summed E-state index contributed by atoms with van der Waals surface area (Å²) in [5.41, 5.74) is 3.37. The van der Waals surface area contributed by atoms with Crippen LogP contribution < -0.4 is 10.6 Å². The number of hydrogen-bond acceptors (Lipinski definition) is 4. The molecule has 0 bridgehead atoms. The number of imidazole rings is 1. The molecule has 2 unspecified atom stereocenters. The van der Waals surface area contributed by atoms with Crippen LogP contribution in [0.25, 0.3) is 10.9 Å². The highest BCUT2D eigenvalue weighted by atomic mass is 16.4. The van der Waals surface area contributed by atoms with Crippen molar-refractivity contribution in [2.75, 3.05) is 13.1 Å². The quantitative estimate of drug-likeness (QED) is 0.170. The lowest BCUT2D eigenvalue weighted by Gasteiger charge is -2.28. The summed E-state index contributed by atoms with van der Waals surface area (Å²) in [6, 6.07) is 16.1. The number of rotatable bonds is 11. The zero-order valence-corrected chi connectivity index (χ0v) is 26.4. The number of likely N-dealkylation sites (tertiary alicyclic amines) is 1. The van der Waals surface area contributed by atoms with E-state index in [2.05, 4.69) is 20.6 Å². The summed E-state index contributed by atoms with van der Waals surface area (Å²) in [5, 5.41) is 17.3. The molecule has 10 heteroatoms. The van der Waals surface area contributed by atoms with Crippen LogP contribution in [0.4, 0.5) is 4.79 Å². The molecule has 0 aliphatic carbocycles. The number of carboxylic acids is 1. The average Bonchev–Trinajstić information content (AvgIpc) is 3.43. The van der Waals surface area contributed by atoms with Crippen molar-refractivity contribution in [2.45, 2.75) is 77.9 Å². The predicted octanol–water partition coefficient (Wildman–Crippen LogP) is 5.82. The van der Waals surface area contributed by atoms with Crippen molar-refractivity contribution in [3.8, 4) is 0 Å². The number of aromatic nitrogens is 3. The van der Waals surface area contributed by atoms with Crippen molar-refractivity contribution >= 4 is 28.8 Å². The molecule has 2 aromatic heterocycles. The predicted molar refractivity (Wildman–Crippen MR) is 174 cm³/mol. The Morgan fingerprint density at radius 1 is 0.956 bits per heavy atom. The first-order valence-electron chi connectivity index (χ1n) is 16.0. The third-order valence-electron chi connectivity index (χ3n) is 8.58. The van der Waals surface area contributed by atoms with E-state index in [-0.39, 0.29) is 23.6 Å². The minimum Gasteiger partial charge on any atom is -0.476 e. The molecule has 0 spiro atoms. The Balaban J connectivity index is 1.51. The first-order valence-corrected chi connectivity index (χ1v) is 16.0. The number of urea groups is 1.